The van der Waals surface area contributed by atoms with Gasteiger partial charge in [-0.3, -0.25) is 0 Å². The van der Waals surface area contributed by atoms with Crippen molar-refractivity contribution in [2.45, 2.75) is 38.1 Å². The summed E-state index contributed by atoms with van der Waals surface area (Å²) in [6, 6.07) is 14.5. The molecule has 0 radical (unpaired) electrons. The first kappa shape index (κ1) is 19.7. The van der Waals surface area contributed by atoms with Gasteiger partial charge in [0.05, 0.1) is 0 Å². The number of thiocarbonyl (C=S) groups is 1. The molecule has 5 nitrogen and oxygen atoms in total. The molecule has 0 spiro atoms. The summed E-state index contributed by atoms with van der Waals surface area (Å²) in [5, 5.41) is 20.5. The van der Waals surface area contributed by atoms with Crippen molar-refractivity contribution in [1.82, 2.24) is 10.2 Å². The van der Waals surface area contributed by atoms with E-state index in [1.165, 1.54) is 44.2 Å². The molecule has 1 fully saturated rings. The summed E-state index contributed by atoms with van der Waals surface area (Å²) >= 11 is 6.89. The van der Waals surface area contributed by atoms with Crippen LogP contribution in [0, 0.1) is 5.82 Å². The molecular weight excluding hydrogens is 405 g/mol. The van der Waals surface area contributed by atoms with Gasteiger partial charge in [0.15, 0.2) is 5.11 Å². The van der Waals surface area contributed by atoms with Gasteiger partial charge in [0.1, 0.15) is 10.8 Å². The average molecular weight is 428 g/mol. The van der Waals surface area contributed by atoms with E-state index in [0.717, 1.165) is 27.1 Å². The highest BCUT2D eigenvalue weighted by Crippen LogP contribution is 2.29. The number of hydrogen-bond acceptors (Lipinski definition) is 5. The van der Waals surface area contributed by atoms with Gasteiger partial charge >= 0.3 is 0 Å². The van der Waals surface area contributed by atoms with Crippen LogP contribution in [0.15, 0.2) is 48.5 Å². The van der Waals surface area contributed by atoms with Crippen molar-refractivity contribution in [1.29, 1.82) is 0 Å². The van der Waals surface area contributed by atoms with Crippen LogP contribution in [0.2, 0.25) is 0 Å². The average Bonchev–Trinajstić information content (AvgIpc) is 3.19. The largest absolute Gasteiger partial charge is 0.357 e. The van der Waals surface area contributed by atoms with Crippen LogP contribution >= 0.6 is 23.6 Å². The van der Waals surface area contributed by atoms with Crippen molar-refractivity contribution >= 4 is 45.2 Å². The lowest BCUT2D eigenvalue weighted by atomic mass is 9.96. The van der Waals surface area contributed by atoms with Crippen molar-refractivity contribution in [2.75, 3.05) is 16.0 Å². The summed E-state index contributed by atoms with van der Waals surface area (Å²) in [6.45, 7) is 0. The topological polar surface area (TPSA) is 61.9 Å². The van der Waals surface area contributed by atoms with E-state index in [1.54, 1.807) is 23.5 Å². The third-order valence-corrected chi connectivity index (χ3v) is 5.96. The molecular formula is C21H22FN5S2. The normalized spacial score (nSPS) is 14.4. The van der Waals surface area contributed by atoms with Gasteiger partial charge in [-0.15, -0.1) is 10.2 Å². The minimum atomic E-state index is -0.279. The van der Waals surface area contributed by atoms with Gasteiger partial charge in [0.2, 0.25) is 5.13 Å². The third kappa shape index (κ3) is 5.48. The fraction of sp³-hybridized carbons (Fsp3) is 0.286. The molecule has 1 aliphatic carbocycles. The van der Waals surface area contributed by atoms with Gasteiger partial charge in [0, 0.05) is 23.0 Å². The lowest BCUT2D eigenvalue weighted by Crippen LogP contribution is -2.21. The minimum Gasteiger partial charge on any atom is -0.357 e. The maximum atomic E-state index is 13.0. The first-order valence-corrected chi connectivity index (χ1v) is 10.9. The van der Waals surface area contributed by atoms with Crippen molar-refractivity contribution in [2.24, 2.45) is 0 Å². The van der Waals surface area contributed by atoms with Crippen molar-refractivity contribution in [3.8, 4) is 10.6 Å². The van der Waals surface area contributed by atoms with Crippen LogP contribution in [0.25, 0.3) is 10.6 Å². The Morgan fingerprint density at radius 1 is 0.897 bits per heavy atom. The van der Waals surface area contributed by atoms with Crippen molar-refractivity contribution < 1.29 is 4.39 Å². The molecule has 150 valence electrons. The molecule has 8 heteroatoms. The fourth-order valence-corrected chi connectivity index (χ4v) is 4.40. The van der Waals surface area contributed by atoms with Crippen LogP contribution in [0.1, 0.15) is 32.1 Å². The number of nitrogens with one attached hydrogen (secondary N) is 3. The Bertz CT molecular complexity index is 950. The molecule has 1 aromatic heterocycles. The van der Waals surface area contributed by atoms with Gasteiger partial charge in [0.25, 0.3) is 0 Å². The molecule has 0 unspecified atom stereocenters. The Hall–Kier alpha value is -2.58. The summed E-state index contributed by atoms with van der Waals surface area (Å²) < 4.78 is 13.0. The highest BCUT2D eigenvalue weighted by Gasteiger charge is 2.15. The van der Waals surface area contributed by atoms with Gasteiger partial charge in [-0.2, -0.15) is 0 Å². The molecule has 1 saturated carbocycles. The van der Waals surface area contributed by atoms with E-state index < -0.39 is 0 Å². The molecule has 0 atom stereocenters. The molecule has 0 bridgehead atoms. The first-order chi connectivity index (χ1) is 14.2. The van der Waals surface area contributed by atoms with Gasteiger partial charge < -0.3 is 16.0 Å². The molecule has 0 aliphatic heterocycles. The number of halogens is 1. The number of rotatable bonds is 5. The highest BCUT2D eigenvalue weighted by atomic mass is 32.1. The molecule has 4 rings (SSSR count). The predicted molar refractivity (Wildman–Crippen MR) is 122 cm³/mol. The van der Waals surface area contributed by atoms with Crippen molar-refractivity contribution in [3.05, 3.63) is 54.3 Å². The molecule has 1 aliphatic rings. The Morgan fingerprint density at radius 3 is 2.17 bits per heavy atom. The smallest absolute Gasteiger partial charge is 0.206 e. The summed E-state index contributed by atoms with van der Waals surface area (Å²) in [5.41, 5.74) is 2.60. The maximum absolute atomic E-state index is 13.0. The number of benzene rings is 2. The Kier molecular flexibility index (Phi) is 6.31. The van der Waals surface area contributed by atoms with Crippen LogP contribution in [0.3, 0.4) is 0 Å². The minimum absolute atomic E-state index is 0.279. The second-order valence-corrected chi connectivity index (χ2v) is 8.44. The zero-order chi connectivity index (χ0) is 20.1. The lowest BCUT2D eigenvalue weighted by molar-refractivity contribution is 0.462. The highest BCUT2D eigenvalue weighted by molar-refractivity contribution is 7.80. The first-order valence-electron chi connectivity index (χ1n) is 9.70. The Balaban J connectivity index is 1.34. The summed E-state index contributed by atoms with van der Waals surface area (Å²) in [5.74, 6) is -0.279. The summed E-state index contributed by atoms with van der Waals surface area (Å²) in [6.07, 6.45) is 6.33. The SMILES string of the molecule is Fc1ccc(NC(=S)Nc2ccc(-c3nnc(NC4CCCCC4)s3)cc2)cc1. The summed E-state index contributed by atoms with van der Waals surface area (Å²) in [7, 11) is 0. The Morgan fingerprint density at radius 2 is 1.52 bits per heavy atom. The zero-order valence-electron chi connectivity index (χ0n) is 15.8. The van der Waals surface area contributed by atoms with E-state index in [2.05, 4.69) is 26.1 Å². The Labute approximate surface area is 178 Å². The van der Waals surface area contributed by atoms with E-state index >= 15 is 0 Å². The van der Waals surface area contributed by atoms with Gasteiger partial charge in [-0.25, -0.2) is 4.39 Å². The number of hydrogen-bond donors (Lipinski definition) is 3. The molecule has 3 N–H and O–H groups in total. The molecule has 2 aromatic carbocycles. The summed E-state index contributed by atoms with van der Waals surface area (Å²) in [4.78, 5) is 0. The molecule has 3 aromatic rings. The quantitative estimate of drug-likeness (QED) is 0.441. The second-order valence-electron chi connectivity index (χ2n) is 7.06. The predicted octanol–water partition coefficient (Wildman–Crippen LogP) is 5.90. The molecule has 0 amide bonds. The van der Waals surface area contributed by atoms with Crippen molar-refractivity contribution in [3.63, 3.8) is 0 Å². The van der Waals surface area contributed by atoms with E-state index in [-0.39, 0.29) is 5.82 Å². The molecule has 0 saturated heterocycles. The van der Waals surface area contributed by atoms with E-state index in [1.807, 2.05) is 24.3 Å². The van der Waals surface area contributed by atoms with Crippen LogP contribution in [0.5, 0.6) is 0 Å². The number of nitrogens with zero attached hydrogens (tertiary/aromatic N) is 2. The third-order valence-electron chi connectivity index (χ3n) is 4.85. The van der Waals surface area contributed by atoms with Crippen LogP contribution in [0.4, 0.5) is 20.9 Å². The molecule has 1 heterocycles. The van der Waals surface area contributed by atoms with Gasteiger partial charge in [-0.1, -0.05) is 30.6 Å². The maximum Gasteiger partial charge on any atom is 0.206 e. The van der Waals surface area contributed by atoms with Crippen LogP contribution in [-0.2, 0) is 0 Å². The lowest BCUT2D eigenvalue weighted by Gasteiger charge is -2.21. The van der Waals surface area contributed by atoms with Gasteiger partial charge in [-0.05, 0) is 73.6 Å². The molecule has 29 heavy (non-hydrogen) atoms. The standard InChI is InChI=1S/C21H22FN5S2/c22-15-8-12-18(13-9-15)24-20(28)23-17-10-6-14(7-11-17)19-26-27-21(29-19)25-16-4-2-1-3-5-16/h6-13,16H,1-5H2,(H,25,27)(H2,23,24,28). The van der Waals surface area contributed by atoms with E-state index in [4.69, 9.17) is 12.2 Å². The number of anilines is 3. The van der Waals surface area contributed by atoms with Crippen LogP contribution in [-0.4, -0.2) is 21.4 Å². The zero-order valence-corrected chi connectivity index (χ0v) is 17.5. The second kappa shape index (κ2) is 9.28. The monoisotopic (exact) mass is 427 g/mol. The fourth-order valence-electron chi connectivity index (χ4n) is 3.34. The number of aromatic nitrogens is 2. The van der Waals surface area contributed by atoms with Crippen LogP contribution < -0.4 is 16.0 Å². The van der Waals surface area contributed by atoms with E-state index in [9.17, 15) is 4.39 Å². The van der Waals surface area contributed by atoms with E-state index in [0.29, 0.717) is 11.2 Å².